The Morgan fingerprint density at radius 2 is 2.14 bits per heavy atom. The van der Waals surface area contributed by atoms with Crippen molar-refractivity contribution in [2.75, 3.05) is 33.9 Å². The third-order valence-electron chi connectivity index (χ3n) is 4.12. The maximum Gasteiger partial charge on any atom is 0.252 e. The van der Waals surface area contributed by atoms with E-state index in [-0.39, 0.29) is 11.0 Å². The fourth-order valence-electron chi connectivity index (χ4n) is 3.01. The number of pyridine rings is 1. The first-order valence-corrected chi connectivity index (χ1v) is 7.45. The monoisotopic (exact) mass is 302 g/mol. The molecule has 5 heteroatoms. The average molecular weight is 302 g/mol. The van der Waals surface area contributed by atoms with Gasteiger partial charge in [-0.1, -0.05) is 6.92 Å². The third-order valence-corrected chi connectivity index (χ3v) is 4.12. The molecule has 0 spiro atoms. The van der Waals surface area contributed by atoms with Crippen molar-refractivity contribution in [3.63, 3.8) is 0 Å². The molecule has 5 nitrogen and oxygen atoms in total. The zero-order chi connectivity index (χ0) is 15.7. The smallest absolute Gasteiger partial charge is 0.252 e. The van der Waals surface area contributed by atoms with E-state index in [1.165, 1.54) is 0 Å². The Labute approximate surface area is 129 Å². The first-order chi connectivity index (χ1) is 10.5. The SMILES string of the molecule is COc1ccc2[nH]c(=O)c(CN(C)CC3(C)COC3)cc2c1. The summed E-state index contributed by atoms with van der Waals surface area (Å²) in [6.07, 6.45) is 0. The first-order valence-electron chi connectivity index (χ1n) is 7.45. The molecule has 0 saturated carbocycles. The summed E-state index contributed by atoms with van der Waals surface area (Å²) in [5.41, 5.74) is 1.78. The van der Waals surface area contributed by atoms with Gasteiger partial charge in [0.15, 0.2) is 0 Å². The Hall–Kier alpha value is -1.85. The van der Waals surface area contributed by atoms with Crippen LogP contribution in [0.3, 0.4) is 0 Å². The number of hydrogen-bond acceptors (Lipinski definition) is 4. The number of ether oxygens (including phenoxy) is 2. The molecule has 0 aliphatic carbocycles. The second kappa shape index (κ2) is 5.74. The molecular formula is C17H22N2O3. The predicted molar refractivity (Wildman–Crippen MR) is 86.4 cm³/mol. The van der Waals surface area contributed by atoms with Crippen molar-refractivity contribution in [3.05, 3.63) is 40.2 Å². The van der Waals surface area contributed by atoms with Crippen LogP contribution in [0, 0.1) is 5.41 Å². The number of aromatic nitrogens is 1. The molecule has 1 aromatic carbocycles. The van der Waals surface area contributed by atoms with Crippen LogP contribution in [0.15, 0.2) is 29.1 Å². The molecule has 0 atom stereocenters. The second-order valence-electron chi connectivity index (χ2n) is 6.55. The Balaban J connectivity index is 1.83. The lowest BCUT2D eigenvalue weighted by atomic mass is 9.88. The summed E-state index contributed by atoms with van der Waals surface area (Å²) in [6.45, 7) is 5.34. The van der Waals surface area contributed by atoms with E-state index in [1.807, 2.05) is 31.3 Å². The number of H-pyrrole nitrogens is 1. The van der Waals surface area contributed by atoms with Crippen molar-refractivity contribution in [1.82, 2.24) is 9.88 Å². The fourth-order valence-corrected chi connectivity index (χ4v) is 3.01. The summed E-state index contributed by atoms with van der Waals surface area (Å²) in [7, 11) is 3.68. The van der Waals surface area contributed by atoms with E-state index in [9.17, 15) is 4.79 Å². The molecular weight excluding hydrogens is 280 g/mol. The van der Waals surface area contributed by atoms with Gasteiger partial charge in [0.2, 0.25) is 0 Å². The van der Waals surface area contributed by atoms with Gasteiger partial charge in [-0.05, 0) is 31.3 Å². The molecule has 0 unspecified atom stereocenters. The molecule has 0 amide bonds. The minimum atomic E-state index is -0.0282. The topological polar surface area (TPSA) is 54.6 Å². The number of hydrogen-bond donors (Lipinski definition) is 1. The molecule has 0 bridgehead atoms. The minimum absolute atomic E-state index is 0.0282. The Kier molecular flexibility index (Phi) is 3.93. The van der Waals surface area contributed by atoms with Crippen LogP contribution in [0.1, 0.15) is 12.5 Å². The quantitative estimate of drug-likeness (QED) is 0.918. The van der Waals surface area contributed by atoms with E-state index in [1.54, 1.807) is 7.11 Å². The van der Waals surface area contributed by atoms with Crippen molar-refractivity contribution < 1.29 is 9.47 Å². The summed E-state index contributed by atoms with van der Waals surface area (Å²) in [5, 5.41) is 0.987. The maximum atomic E-state index is 12.2. The molecule has 1 aromatic heterocycles. The first kappa shape index (κ1) is 15.1. The molecule has 118 valence electrons. The van der Waals surface area contributed by atoms with Gasteiger partial charge in [-0.15, -0.1) is 0 Å². The molecule has 3 rings (SSSR count). The standard InChI is InChI=1S/C17H22N2O3/c1-17(10-22-11-17)9-19(2)8-13-6-12-7-14(21-3)4-5-15(12)18-16(13)20/h4-7H,8-11H2,1-3H3,(H,18,20). The van der Waals surface area contributed by atoms with Crippen LogP contribution in [-0.2, 0) is 11.3 Å². The number of rotatable bonds is 5. The Bertz CT molecular complexity index is 734. The van der Waals surface area contributed by atoms with Crippen LogP contribution in [0.25, 0.3) is 10.9 Å². The zero-order valence-electron chi connectivity index (χ0n) is 13.3. The van der Waals surface area contributed by atoms with Crippen LogP contribution in [-0.4, -0.2) is 43.8 Å². The summed E-state index contributed by atoms with van der Waals surface area (Å²) in [6, 6.07) is 7.61. The van der Waals surface area contributed by atoms with Gasteiger partial charge in [-0.3, -0.25) is 4.79 Å². The zero-order valence-corrected chi connectivity index (χ0v) is 13.3. The number of benzene rings is 1. The molecule has 0 radical (unpaired) electrons. The summed E-state index contributed by atoms with van der Waals surface area (Å²) >= 11 is 0. The number of nitrogens with one attached hydrogen (secondary N) is 1. The fraction of sp³-hybridized carbons (Fsp3) is 0.471. The second-order valence-corrected chi connectivity index (χ2v) is 6.55. The van der Waals surface area contributed by atoms with Gasteiger partial charge < -0.3 is 19.4 Å². The minimum Gasteiger partial charge on any atom is -0.497 e. The van der Waals surface area contributed by atoms with E-state index >= 15 is 0 Å². The predicted octanol–water partition coefficient (Wildman–Crippen LogP) is 2.00. The van der Waals surface area contributed by atoms with Crippen LogP contribution >= 0.6 is 0 Å². The summed E-state index contributed by atoms with van der Waals surface area (Å²) in [4.78, 5) is 17.4. The molecule has 22 heavy (non-hydrogen) atoms. The molecule has 2 aromatic rings. The summed E-state index contributed by atoms with van der Waals surface area (Å²) in [5.74, 6) is 0.790. The highest BCUT2D eigenvalue weighted by Crippen LogP contribution is 2.27. The van der Waals surface area contributed by atoms with E-state index in [0.717, 1.165) is 42.0 Å². The normalized spacial score (nSPS) is 16.7. The van der Waals surface area contributed by atoms with Crippen LogP contribution in [0.2, 0.25) is 0 Å². The number of methoxy groups -OCH3 is 1. The van der Waals surface area contributed by atoms with Crippen molar-refractivity contribution in [1.29, 1.82) is 0 Å². The molecule has 1 aliphatic heterocycles. The largest absolute Gasteiger partial charge is 0.497 e. The molecule has 1 saturated heterocycles. The third kappa shape index (κ3) is 3.00. The number of fused-ring (bicyclic) bond motifs is 1. The van der Waals surface area contributed by atoms with Gasteiger partial charge in [-0.2, -0.15) is 0 Å². The van der Waals surface area contributed by atoms with Gasteiger partial charge >= 0.3 is 0 Å². The van der Waals surface area contributed by atoms with Crippen molar-refractivity contribution >= 4 is 10.9 Å². The van der Waals surface area contributed by atoms with Gasteiger partial charge in [0, 0.05) is 35.0 Å². The Morgan fingerprint density at radius 3 is 2.77 bits per heavy atom. The van der Waals surface area contributed by atoms with Gasteiger partial charge in [0.05, 0.1) is 20.3 Å². The lowest BCUT2D eigenvalue weighted by molar-refractivity contribution is -0.113. The van der Waals surface area contributed by atoms with Gasteiger partial charge in [0.25, 0.3) is 5.56 Å². The Morgan fingerprint density at radius 1 is 1.36 bits per heavy atom. The maximum absolute atomic E-state index is 12.2. The van der Waals surface area contributed by atoms with E-state index in [0.29, 0.717) is 6.54 Å². The lowest BCUT2D eigenvalue weighted by Crippen LogP contribution is -2.47. The van der Waals surface area contributed by atoms with Gasteiger partial charge in [0.1, 0.15) is 5.75 Å². The molecule has 1 N–H and O–H groups in total. The van der Waals surface area contributed by atoms with E-state index in [4.69, 9.17) is 9.47 Å². The van der Waals surface area contributed by atoms with Crippen LogP contribution in [0.4, 0.5) is 0 Å². The van der Waals surface area contributed by atoms with Crippen LogP contribution in [0.5, 0.6) is 5.75 Å². The number of aromatic amines is 1. The van der Waals surface area contributed by atoms with Crippen molar-refractivity contribution in [3.8, 4) is 5.75 Å². The number of nitrogens with zero attached hydrogens (tertiary/aromatic N) is 1. The van der Waals surface area contributed by atoms with Crippen LogP contribution < -0.4 is 10.3 Å². The molecule has 1 aliphatic rings. The highest BCUT2D eigenvalue weighted by molar-refractivity contribution is 5.80. The summed E-state index contributed by atoms with van der Waals surface area (Å²) < 4.78 is 10.5. The van der Waals surface area contributed by atoms with Gasteiger partial charge in [-0.25, -0.2) is 0 Å². The van der Waals surface area contributed by atoms with Crippen molar-refractivity contribution in [2.24, 2.45) is 5.41 Å². The molecule has 1 fully saturated rings. The average Bonchev–Trinajstić information content (AvgIpc) is 2.46. The highest BCUT2D eigenvalue weighted by atomic mass is 16.5. The van der Waals surface area contributed by atoms with E-state index < -0.39 is 0 Å². The highest BCUT2D eigenvalue weighted by Gasteiger charge is 2.34. The molecule has 2 heterocycles. The van der Waals surface area contributed by atoms with E-state index in [2.05, 4.69) is 16.8 Å². The lowest BCUT2D eigenvalue weighted by Gasteiger charge is -2.40. The van der Waals surface area contributed by atoms with Crippen molar-refractivity contribution in [2.45, 2.75) is 13.5 Å².